The third-order valence-corrected chi connectivity index (χ3v) is 4.39. The number of hydrogen-bond donors (Lipinski definition) is 1. The molecule has 1 N–H and O–H groups in total. The highest BCUT2D eigenvalue weighted by atomic mass is 35.5. The molecule has 0 aliphatic heterocycles. The average Bonchev–Trinajstić information content (AvgIpc) is 3.05. The third-order valence-electron chi connectivity index (χ3n) is 3.88. The minimum atomic E-state index is -0.416. The van der Waals surface area contributed by atoms with Gasteiger partial charge in [0.25, 0.3) is 0 Å². The second-order valence-corrected chi connectivity index (χ2v) is 6.61. The first-order valence-electron chi connectivity index (χ1n) is 8.01. The lowest BCUT2D eigenvalue weighted by Crippen LogP contribution is -2.04. The first kappa shape index (κ1) is 18.8. The number of allylic oxidation sites excluding steroid dienone is 1. The van der Waals surface area contributed by atoms with Gasteiger partial charge in [0, 0.05) is 27.5 Å². The molecule has 0 saturated carbocycles. The van der Waals surface area contributed by atoms with Crippen molar-refractivity contribution in [1.29, 1.82) is 5.26 Å². The van der Waals surface area contributed by atoms with Crippen LogP contribution in [0.1, 0.15) is 16.1 Å². The van der Waals surface area contributed by atoms with Gasteiger partial charge in [0.2, 0.25) is 5.78 Å². The highest BCUT2D eigenvalue weighted by Crippen LogP contribution is 2.28. The maximum Gasteiger partial charge on any atom is 0.208 e. The number of hydrogen-bond acceptors (Lipinski definition) is 4. The van der Waals surface area contributed by atoms with E-state index in [2.05, 4.69) is 5.32 Å². The van der Waals surface area contributed by atoms with E-state index in [1.165, 1.54) is 6.20 Å². The van der Waals surface area contributed by atoms with Crippen LogP contribution in [0.15, 0.2) is 70.8 Å². The van der Waals surface area contributed by atoms with Gasteiger partial charge in [-0.05, 0) is 61.5 Å². The van der Waals surface area contributed by atoms with Crippen LogP contribution < -0.4 is 5.32 Å². The summed E-state index contributed by atoms with van der Waals surface area (Å²) in [5.41, 5.74) is 1.82. The predicted octanol–water partition coefficient (Wildman–Crippen LogP) is 6.26. The van der Waals surface area contributed by atoms with E-state index in [1.54, 1.807) is 61.5 Å². The van der Waals surface area contributed by atoms with Crippen molar-refractivity contribution in [3.8, 4) is 17.4 Å². The van der Waals surface area contributed by atoms with Crippen molar-refractivity contribution in [2.24, 2.45) is 0 Å². The second kappa shape index (κ2) is 8.13. The number of halogens is 2. The summed E-state index contributed by atoms with van der Waals surface area (Å²) >= 11 is 11.7. The van der Waals surface area contributed by atoms with Crippen LogP contribution in [0.5, 0.6) is 0 Å². The van der Waals surface area contributed by atoms with E-state index in [0.29, 0.717) is 32.8 Å². The minimum Gasteiger partial charge on any atom is -0.461 e. The molecule has 0 amide bonds. The molecular weight excluding hydrogens is 383 g/mol. The monoisotopic (exact) mass is 396 g/mol. The highest BCUT2D eigenvalue weighted by Gasteiger charge is 2.19. The summed E-state index contributed by atoms with van der Waals surface area (Å²) in [6.07, 6.45) is 1.37. The summed E-state index contributed by atoms with van der Waals surface area (Å²) in [5, 5.41) is 13.5. The fourth-order valence-electron chi connectivity index (χ4n) is 2.46. The minimum absolute atomic E-state index is 0.0310. The first-order chi connectivity index (χ1) is 13.0. The summed E-state index contributed by atoms with van der Waals surface area (Å²) in [4.78, 5) is 12.7. The van der Waals surface area contributed by atoms with Crippen LogP contribution in [-0.2, 0) is 0 Å². The molecule has 6 heteroatoms. The van der Waals surface area contributed by atoms with Crippen LogP contribution in [0.25, 0.3) is 11.3 Å². The number of aryl methyl sites for hydroxylation is 1. The van der Waals surface area contributed by atoms with Gasteiger partial charge < -0.3 is 9.73 Å². The predicted molar refractivity (Wildman–Crippen MR) is 107 cm³/mol. The molecule has 1 heterocycles. The van der Waals surface area contributed by atoms with Crippen molar-refractivity contribution in [2.45, 2.75) is 6.92 Å². The fourth-order valence-corrected chi connectivity index (χ4v) is 2.71. The number of ketones is 1. The zero-order valence-corrected chi connectivity index (χ0v) is 15.8. The van der Waals surface area contributed by atoms with Gasteiger partial charge in [-0.2, -0.15) is 5.26 Å². The van der Waals surface area contributed by atoms with Gasteiger partial charge in [0.1, 0.15) is 23.2 Å². The van der Waals surface area contributed by atoms with Gasteiger partial charge in [0.15, 0.2) is 0 Å². The summed E-state index contributed by atoms with van der Waals surface area (Å²) in [6.45, 7) is 1.69. The van der Waals surface area contributed by atoms with Crippen molar-refractivity contribution < 1.29 is 9.21 Å². The Morgan fingerprint density at radius 3 is 2.26 bits per heavy atom. The van der Waals surface area contributed by atoms with Crippen molar-refractivity contribution in [2.75, 3.05) is 5.32 Å². The number of carbonyl (C=O) groups excluding carboxylic acids is 1. The second-order valence-electron chi connectivity index (χ2n) is 5.74. The molecule has 0 bridgehead atoms. The number of carbonyl (C=O) groups is 1. The molecule has 0 saturated heterocycles. The zero-order chi connectivity index (χ0) is 19.4. The Hall–Kier alpha value is -3.00. The van der Waals surface area contributed by atoms with E-state index in [0.717, 1.165) is 5.56 Å². The van der Waals surface area contributed by atoms with Gasteiger partial charge in [-0.1, -0.05) is 23.2 Å². The van der Waals surface area contributed by atoms with Crippen molar-refractivity contribution in [3.63, 3.8) is 0 Å². The number of nitrogens with one attached hydrogen (secondary N) is 1. The molecule has 0 aliphatic rings. The Bertz CT molecular complexity index is 1040. The van der Waals surface area contributed by atoms with E-state index in [9.17, 15) is 10.1 Å². The van der Waals surface area contributed by atoms with Crippen LogP contribution in [0.3, 0.4) is 0 Å². The van der Waals surface area contributed by atoms with E-state index < -0.39 is 5.78 Å². The quantitative estimate of drug-likeness (QED) is 0.313. The number of anilines is 1. The summed E-state index contributed by atoms with van der Waals surface area (Å²) in [5.74, 6) is 0.563. The molecule has 0 radical (unpaired) electrons. The molecule has 1 aromatic heterocycles. The number of benzene rings is 2. The van der Waals surface area contributed by atoms with E-state index >= 15 is 0 Å². The third kappa shape index (κ3) is 4.40. The molecule has 0 spiro atoms. The van der Waals surface area contributed by atoms with Gasteiger partial charge in [0.05, 0.1) is 5.56 Å². The van der Waals surface area contributed by atoms with Crippen molar-refractivity contribution in [1.82, 2.24) is 0 Å². The lowest BCUT2D eigenvalue weighted by atomic mass is 10.0. The maximum absolute atomic E-state index is 12.7. The molecular formula is C21H14Cl2N2O2. The fraction of sp³-hybridized carbons (Fsp3) is 0.0476. The molecule has 4 nitrogen and oxygen atoms in total. The average molecular weight is 397 g/mol. The molecule has 0 atom stereocenters. The molecule has 27 heavy (non-hydrogen) atoms. The van der Waals surface area contributed by atoms with E-state index in [1.807, 2.05) is 6.07 Å². The Kier molecular flexibility index (Phi) is 5.66. The Morgan fingerprint density at radius 1 is 1.07 bits per heavy atom. The smallest absolute Gasteiger partial charge is 0.208 e. The number of nitrogens with zero attached hydrogens (tertiary/aromatic N) is 1. The molecule has 0 aliphatic carbocycles. The molecule has 3 aromatic rings. The topological polar surface area (TPSA) is 66.0 Å². The van der Waals surface area contributed by atoms with E-state index in [-0.39, 0.29) is 5.57 Å². The molecule has 0 unspecified atom stereocenters. The van der Waals surface area contributed by atoms with Crippen molar-refractivity contribution in [3.05, 3.63) is 87.7 Å². The van der Waals surface area contributed by atoms with Gasteiger partial charge in [-0.25, -0.2) is 0 Å². The largest absolute Gasteiger partial charge is 0.461 e. The molecule has 3 rings (SSSR count). The van der Waals surface area contributed by atoms with Crippen LogP contribution in [0.2, 0.25) is 10.0 Å². The van der Waals surface area contributed by atoms with Gasteiger partial charge in [-0.15, -0.1) is 0 Å². The van der Waals surface area contributed by atoms with Gasteiger partial charge in [-0.3, -0.25) is 4.79 Å². The number of furan rings is 1. The standard InChI is InChI=1S/C21H14Cl2N2O2/c1-13-19(10-20(27-13)14-2-4-16(22)5-3-14)21(26)15(11-24)12-25-18-8-6-17(23)7-9-18/h2-10,12,25H,1H3. The zero-order valence-electron chi connectivity index (χ0n) is 14.3. The Balaban J connectivity index is 1.85. The van der Waals surface area contributed by atoms with Crippen LogP contribution in [0, 0.1) is 18.3 Å². The number of rotatable bonds is 5. The van der Waals surface area contributed by atoms with Crippen LogP contribution in [0.4, 0.5) is 5.69 Å². The normalized spacial score (nSPS) is 11.1. The molecule has 134 valence electrons. The Morgan fingerprint density at radius 2 is 1.67 bits per heavy atom. The number of nitriles is 1. The Labute approximate surface area is 166 Å². The van der Waals surface area contributed by atoms with Crippen LogP contribution >= 0.6 is 23.2 Å². The highest BCUT2D eigenvalue weighted by molar-refractivity contribution is 6.30. The lowest BCUT2D eigenvalue weighted by molar-refractivity contribution is 0.103. The molecule has 0 fully saturated rings. The van der Waals surface area contributed by atoms with Crippen LogP contribution in [-0.4, -0.2) is 5.78 Å². The first-order valence-corrected chi connectivity index (χ1v) is 8.77. The van der Waals surface area contributed by atoms with Gasteiger partial charge >= 0.3 is 0 Å². The number of Topliss-reactive ketones (excluding diaryl/α,β-unsaturated/α-hetero) is 1. The summed E-state index contributed by atoms with van der Waals surface area (Å²) in [6, 6.07) is 17.6. The summed E-state index contributed by atoms with van der Waals surface area (Å²) in [7, 11) is 0. The van der Waals surface area contributed by atoms with E-state index in [4.69, 9.17) is 27.6 Å². The van der Waals surface area contributed by atoms with Crippen molar-refractivity contribution >= 4 is 34.7 Å². The molecule has 2 aromatic carbocycles. The maximum atomic E-state index is 12.7. The SMILES string of the molecule is Cc1oc(-c2ccc(Cl)cc2)cc1C(=O)C(C#N)=CNc1ccc(Cl)cc1. The lowest BCUT2D eigenvalue weighted by Gasteiger charge is -2.02. The summed E-state index contributed by atoms with van der Waals surface area (Å²) < 4.78 is 5.70.